The number of hydrogen-bond donors (Lipinski definition) is 0. The zero-order chi connectivity index (χ0) is 15.2. The van der Waals surface area contributed by atoms with Crippen LogP contribution in [0.25, 0.3) is 0 Å². The maximum absolute atomic E-state index is 11.6. The van der Waals surface area contributed by atoms with E-state index in [1.54, 1.807) is 0 Å². The second-order valence-corrected chi connectivity index (χ2v) is 6.60. The molecule has 0 aliphatic rings. The second-order valence-electron chi connectivity index (χ2n) is 5.65. The molecule has 3 heteroatoms. The molecule has 0 spiro atoms. The molecule has 0 atom stereocenters. The first kappa shape index (κ1) is 18.2. The Morgan fingerprint density at radius 2 is 1.52 bits per heavy atom. The van der Waals surface area contributed by atoms with E-state index in [2.05, 4.69) is 6.92 Å². The van der Waals surface area contributed by atoms with Crippen LogP contribution in [0.4, 0.5) is 0 Å². The number of esters is 1. The largest absolute Gasteiger partial charge is 0.462 e. The molecule has 0 N–H and O–H groups in total. The van der Waals surface area contributed by atoms with Gasteiger partial charge in [0.1, 0.15) is 4.88 Å². The average Bonchev–Trinajstić information content (AvgIpc) is 3.02. The molecule has 2 nitrogen and oxygen atoms in total. The Labute approximate surface area is 133 Å². The van der Waals surface area contributed by atoms with Gasteiger partial charge in [-0.05, 0) is 17.9 Å². The van der Waals surface area contributed by atoms with E-state index in [1.165, 1.54) is 75.5 Å². The van der Waals surface area contributed by atoms with Crippen molar-refractivity contribution in [2.75, 3.05) is 6.61 Å². The van der Waals surface area contributed by atoms with Crippen molar-refractivity contribution in [1.29, 1.82) is 0 Å². The second kappa shape index (κ2) is 12.9. The minimum atomic E-state index is -0.169. The molecule has 0 unspecified atom stereocenters. The van der Waals surface area contributed by atoms with E-state index in [1.807, 2.05) is 17.5 Å². The van der Waals surface area contributed by atoms with Crippen molar-refractivity contribution in [3.63, 3.8) is 0 Å². The Morgan fingerprint density at radius 3 is 2.05 bits per heavy atom. The van der Waals surface area contributed by atoms with Crippen LogP contribution in [0.1, 0.15) is 87.2 Å². The van der Waals surface area contributed by atoms with Gasteiger partial charge >= 0.3 is 5.97 Å². The lowest BCUT2D eigenvalue weighted by molar-refractivity contribution is 0.0503. The summed E-state index contributed by atoms with van der Waals surface area (Å²) in [5.41, 5.74) is 0. The van der Waals surface area contributed by atoms with Gasteiger partial charge < -0.3 is 4.74 Å². The van der Waals surface area contributed by atoms with Crippen LogP contribution in [0.15, 0.2) is 17.5 Å². The van der Waals surface area contributed by atoms with Gasteiger partial charge in [0, 0.05) is 0 Å². The third-order valence-electron chi connectivity index (χ3n) is 3.70. The van der Waals surface area contributed by atoms with E-state index in [0.29, 0.717) is 11.5 Å². The number of rotatable bonds is 13. The van der Waals surface area contributed by atoms with Gasteiger partial charge in [0.25, 0.3) is 0 Å². The van der Waals surface area contributed by atoms with Crippen molar-refractivity contribution in [3.8, 4) is 0 Å². The number of thiophene rings is 1. The predicted molar refractivity (Wildman–Crippen MR) is 91.1 cm³/mol. The molecule has 0 aliphatic carbocycles. The Kier molecular flexibility index (Phi) is 11.2. The van der Waals surface area contributed by atoms with Crippen LogP contribution < -0.4 is 0 Å². The Bertz CT molecular complexity index is 346. The molecule has 1 heterocycles. The fourth-order valence-corrected chi connectivity index (χ4v) is 3.01. The van der Waals surface area contributed by atoms with Gasteiger partial charge in [-0.15, -0.1) is 11.3 Å². The minimum Gasteiger partial charge on any atom is -0.462 e. The molecule has 0 fully saturated rings. The number of unbranched alkanes of at least 4 members (excludes halogenated alkanes) is 10. The van der Waals surface area contributed by atoms with E-state index in [-0.39, 0.29) is 5.97 Å². The molecule has 1 aromatic heterocycles. The highest BCUT2D eigenvalue weighted by Crippen LogP contribution is 2.12. The molecule has 0 radical (unpaired) electrons. The summed E-state index contributed by atoms with van der Waals surface area (Å²) in [6, 6.07) is 3.69. The van der Waals surface area contributed by atoms with Crippen LogP contribution in [-0.2, 0) is 4.74 Å². The Hall–Kier alpha value is -0.830. The molecule has 0 amide bonds. The molecule has 0 aromatic carbocycles. The molecule has 120 valence electrons. The predicted octanol–water partition coefficient (Wildman–Crippen LogP) is 6.22. The lowest BCUT2D eigenvalue weighted by atomic mass is 10.1. The molecule has 0 aliphatic heterocycles. The first-order valence-electron chi connectivity index (χ1n) is 8.55. The zero-order valence-corrected chi connectivity index (χ0v) is 14.3. The quantitative estimate of drug-likeness (QED) is 0.319. The third-order valence-corrected chi connectivity index (χ3v) is 4.55. The average molecular weight is 311 g/mol. The molecular weight excluding hydrogens is 280 g/mol. The molecular formula is C18H30O2S. The standard InChI is InChI=1S/C18H30O2S/c1-2-3-4-5-6-7-8-9-10-11-12-15-20-18(19)17-14-13-16-21-17/h13-14,16H,2-12,15H2,1H3. The van der Waals surface area contributed by atoms with Gasteiger partial charge in [0.05, 0.1) is 6.61 Å². The molecule has 0 bridgehead atoms. The summed E-state index contributed by atoms with van der Waals surface area (Å²) in [5.74, 6) is -0.169. The monoisotopic (exact) mass is 310 g/mol. The first-order valence-corrected chi connectivity index (χ1v) is 9.43. The SMILES string of the molecule is CCCCCCCCCCCCCOC(=O)c1cccs1. The fraction of sp³-hybridized carbons (Fsp3) is 0.722. The lowest BCUT2D eigenvalue weighted by Gasteiger charge is -2.04. The van der Waals surface area contributed by atoms with Crippen molar-refractivity contribution in [1.82, 2.24) is 0 Å². The normalized spacial score (nSPS) is 10.7. The van der Waals surface area contributed by atoms with Gasteiger partial charge in [0.2, 0.25) is 0 Å². The molecule has 0 saturated heterocycles. The zero-order valence-electron chi connectivity index (χ0n) is 13.4. The van der Waals surface area contributed by atoms with E-state index >= 15 is 0 Å². The third kappa shape index (κ3) is 9.67. The molecule has 0 saturated carbocycles. The van der Waals surface area contributed by atoms with Crippen molar-refractivity contribution in [2.24, 2.45) is 0 Å². The van der Waals surface area contributed by atoms with Crippen molar-refractivity contribution in [3.05, 3.63) is 22.4 Å². The first-order chi connectivity index (χ1) is 10.3. The van der Waals surface area contributed by atoms with Crippen LogP contribution in [-0.4, -0.2) is 12.6 Å². The van der Waals surface area contributed by atoms with E-state index in [0.717, 1.165) is 6.42 Å². The van der Waals surface area contributed by atoms with Crippen molar-refractivity contribution in [2.45, 2.75) is 77.6 Å². The summed E-state index contributed by atoms with van der Waals surface area (Å²) in [6.07, 6.45) is 14.5. The lowest BCUT2D eigenvalue weighted by Crippen LogP contribution is -2.04. The Morgan fingerprint density at radius 1 is 0.952 bits per heavy atom. The van der Waals surface area contributed by atoms with Crippen LogP contribution in [0, 0.1) is 0 Å². The van der Waals surface area contributed by atoms with Gasteiger partial charge in [-0.3, -0.25) is 0 Å². The molecule has 1 aromatic rings. The highest BCUT2D eigenvalue weighted by Gasteiger charge is 2.06. The van der Waals surface area contributed by atoms with Crippen molar-refractivity contribution >= 4 is 17.3 Å². The summed E-state index contributed by atoms with van der Waals surface area (Å²) in [4.78, 5) is 12.3. The molecule has 21 heavy (non-hydrogen) atoms. The van der Waals surface area contributed by atoms with Gasteiger partial charge in [0.15, 0.2) is 0 Å². The number of carbonyl (C=O) groups excluding carboxylic acids is 1. The maximum atomic E-state index is 11.6. The number of ether oxygens (including phenoxy) is 1. The van der Waals surface area contributed by atoms with Crippen LogP contribution in [0.5, 0.6) is 0 Å². The van der Waals surface area contributed by atoms with E-state index in [4.69, 9.17) is 4.74 Å². The minimum absolute atomic E-state index is 0.169. The summed E-state index contributed by atoms with van der Waals surface area (Å²) in [5, 5.41) is 1.90. The van der Waals surface area contributed by atoms with Crippen molar-refractivity contribution < 1.29 is 9.53 Å². The van der Waals surface area contributed by atoms with E-state index < -0.39 is 0 Å². The highest BCUT2D eigenvalue weighted by atomic mass is 32.1. The molecule has 1 rings (SSSR count). The van der Waals surface area contributed by atoms with Gasteiger partial charge in [-0.2, -0.15) is 0 Å². The van der Waals surface area contributed by atoms with E-state index in [9.17, 15) is 4.79 Å². The number of carbonyl (C=O) groups is 1. The summed E-state index contributed by atoms with van der Waals surface area (Å²) >= 11 is 1.44. The fourth-order valence-electron chi connectivity index (χ4n) is 2.40. The summed E-state index contributed by atoms with van der Waals surface area (Å²) in [6.45, 7) is 2.82. The van der Waals surface area contributed by atoms with Crippen LogP contribution >= 0.6 is 11.3 Å². The maximum Gasteiger partial charge on any atom is 0.348 e. The Balaban J connectivity index is 1.80. The van der Waals surface area contributed by atoms with Gasteiger partial charge in [-0.1, -0.05) is 77.2 Å². The topological polar surface area (TPSA) is 26.3 Å². The number of hydrogen-bond acceptors (Lipinski definition) is 3. The summed E-state index contributed by atoms with van der Waals surface area (Å²) < 4.78 is 5.24. The van der Waals surface area contributed by atoms with Crippen LogP contribution in [0.3, 0.4) is 0 Å². The smallest absolute Gasteiger partial charge is 0.348 e. The summed E-state index contributed by atoms with van der Waals surface area (Å²) in [7, 11) is 0. The van der Waals surface area contributed by atoms with Gasteiger partial charge in [-0.25, -0.2) is 4.79 Å². The highest BCUT2D eigenvalue weighted by molar-refractivity contribution is 7.11. The van der Waals surface area contributed by atoms with Crippen LogP contribution in [0.2, 0.25) is 0 Å².